The molecule has 1 saturated carbocycles. The Morgan fingerprint density at radius 1 is 1.62 bits per heavy atom. The molecule has 0 bridgehead atoms. The van der Waals surface area contributed by atoms with Crippen LogP contribution in [0.5, 0.6) is 0 Å². The molecule has 0 aromatic carbocycles. The van der Waals surface area contributed by atoms with Gasteiger partial charge >= 0.3 is 5.97 Å². The number of aliphatic carboxylic acids is 1. The fourth-order valence-corrected chi connectivity index (χ4v) is 1.09. The molecule has 0 amide bonds. The smallest absolute Gasteiger partial charge is 0.303 e. The van der Waals surface area contributed by atoms with Crippen molar-refractivity contribution in [1.29, 1.82) is 0 Å². The van der Waals surface area contributed by atoms with Gasteiger partial charge in [-0.2, -0.15) is 4.98 Å². The van der Waals surface area contributed by atoms with Gasteiger partial charge in [0.1, 0.15) is 0 Å². The number of carbonyl (C=O) groups is 1. The summed E-state index contributed by atoms with van der Waals surface area (Å²) in [5.41, 5.74) is 0. The van der Waals surface area contributed by atoms with E-state index in [4.69, 9.17) is 9.63 Å². The monoisotopic (exact) mass is 182 g/mol. The van der Waals surface area contributed by atoms with Crippen molar-refractivity contribution in [1.82, 2.24) is 10.1 Å². The first kappa shape index (κ1) is 8.22. The number of aromatic nitrogens is 2. The molecule has 0 unspecified atom stereocenters. The lowest BCUT2D eigenvalue weighted by atomic mass is 10.3. The zero-order chi connectivity index (χ0) is 9.26. The van der Waals surface area contributed by atoms with E-state index in [1.165, 1.54) is 0 Å². The minimum absolute atomic E-state index is 0.0479. The van der Waals surface area contributed by atoms with Crippen molar-refractivity contribution in [3.63, 3.8) is 0 Å². The van der Waals surface area contributed by atoms with Gasteiger partial charge in [0.2, 0.25) is 5.89 Å². The molecule has 1 fully saturated rings. The molecule has 1 aromatic rings. The van der Waals surface area contributed by atoms with E-state index < -0.39 is 5.97 Å². The fraction of sp³-hybridized carbons (Fsp3) is 0.625. The van der Waals surface area contributed by atoms with E-state index in [-0.39, 0.29) is 6.42 Å². The summed E-state index contributed by atoms with van der Waals surface area (Å²) in [6.07, 6.45) is 2.62. The highest BCUT2D eigenvalue weighted by Gasteiger charge is 2.28. The van der Waals surface area contributed by atoms with E-state index in [0.717, 1.165) is 18.7 Å². The maximum atomic E-state index is 10.2. The molecule has 0 saturated heterocycles. The van der Waals surface area contributed by atoms with Gasteiger partial charge in [-0.25, -0.2) is 0 Å². The van der Waals surface area contributed by atoms with E-state index in [1.54, 1.807) is 0 Å². The molecule has 1 heterocycles. The molecule has 1 aromatic heterocycles. The summed E-state index contributed by atoms with van der Waals surface area (Å²) in [5.74, 6) is 0.790. The largest absolute Gasteiger partial charge is 0.481 e. The first-order valence-corrected chi connectivity index (χ1v) is 4.30. The van der Waals surface area contributed by atoms with Crippen molar-refractivity contribution >= 4 is 5.97 Å². The number of hydrogen-bond acceptors (Lipinski definition) is 4. The third kappa shape index (κ3) is 2.05. The van der Waals surface area contributed by atoms with Crippen molar-refractivity contribution in [2.24, 2.45) is 0 Å². The molecular formula is C8H10N2O3. The summed E-state index contributed by atoms with van der Waals surface area (Å²) in [5, 5.41) is 12.2. The van der Waals surface area contributed by atoms with Gasteiger partial charge in [0, 0.05) is 12.3 Å². The van der Waals surface area contributed by atoms with Gasteiger partial charge in [0.05, 0.1) is 6.42 Å². The van der Waals surface area contributed by atoms with Gasteiger partial charge in [-0.1, -0.05) is 5.16 Å². The second-order valence-electron chi connectivity index (χ2n) is 3.21. The summed E-state index contributed by atoms with van der Waals surface area (Å²) < 4.78 is 4.89. The lowest BCUT2D eigenvalue weighted by Gasteiger charge is -1.87. The molecule has 0 atom stereocenters. The van der Waals surface area contributed by atoms with Crippen LogP contribution < -0.4 is 0 Å². The Hall–Kier alpha value is -1.39. The highest BCUT2D eigenvalue weighted by atomic mass is 16.5. The summed E-state index contributed by atoms with van der Waals surface area (Å²) >= 11 is 0. The molecule has 1 N–H and O–H groups in total. The number of nitrogens with zero attached hydrogens (tertiary/aromatic N) is 2. The SMILES string of the molecule is O=C(O)CCc1nc(C2CC2)no1. The molecule has 5 heteroatoms. The molecule has 0 aliphatic heterocycles. The Labute approximate surface area is 74.8 Å². The Morgan fingerprint density at radius 2 is 2.38 bits per heavy atom. The van der Waals surface area contributed by atoms with Crippen LogP contribution in [0, 0.1) is 0 Å². The zero-order valence-electron chi connectivity index (χ0n) is 7.06. The third-order valence-electron chi connectivity index (χ3n) is 1.98. The van der Waals surface area contributed by atoms with E-state index in [1.807, 2.05) is 0 Å². The lowest BCUT2D eigenvalue weighted by molar-refractivity contribution is -0.137. The van der Waals surface area contributed by atoms with Crippen LogP contribution in [0.1, 0.15) is 36.9 Å². The average Bonchev–Trinajstić information content (AvgIpc) is 2.83. The molecule has 70 valence electrons. The molecular weight excluding hydrogens is 172 g/mol. The fourth-order valence-electron chi connectivity index (χ4n) is 1.09. The third-order valence-corrected chi connectivity index (χ3v) is 1.98. The van der Waals surface area contributed by atoms with Gasteiger partial charge in [-0.15, -0.1) is 0 Å². The standard InChI is InChI=1S/C8H10N2O3/c11-7(12)4-3-6-9-8(10-13-6)5-1-2-5/h5H,1-4H2,(H,11,12). The first-order chi connectivity index (χ1) is 6.25. The van der Waals surface area contributed by atoms with E-state index in [9.17, 15) is 4.79 Å². The van der Waals surface area contributed by atoms with Crippen molar-refractivity contribution < 1.29 is 14.4 Å². The highest BCUT2D eigenvalue weighted by Crippen LogP contribution is 2.38. The summed E-state index contributed by atoms with van der Waals surface area (Å²) in [4.78, 5) is 14.3. The number of hydrogen-bond donors (Lipinski definition) is 1. The van der Waals surface area contributed by atoms with Crippen LogP contribution in [0.3, 0.4) is 0 Å². The van der Waals surface area contributed by atoms with Crippen molar-refractivity contribution in [3.8, 4) is 0 Å². The maximum absolute atomic E-state index is 10.2. The molecule has 1 aliphatic carbocycles. The Kier molecular flexibility index (Phi) is 2.00. The van der Waals surface area contributed by atoms with Crippen molar-refractivity contribution in [2.45, 2.75) is 31.6 Å². The minimum atomic E-state index is -0.842. The molecule has 0 radical (unpaired) electrons. The predicted molar refractivity (Wildman–Crippen MR) is 42.2 cm³/mol. The Bertz CT molecular complexity index is 317. The van der Waals surface area contributed by atoms with Gasteiger partial charge in [0.15, 0.2) is 5.82 Å². The van der Waals surface area contributed by atoms with Crippen LogP contribution in [-0.2, 0) is 11.2 Å². The lowest BCUT2D eigenvalue weighted by Crippen LogP contribution is -1.97. The predicted octanol–water partition coefficient (Wildman–Crippen LogP) is 0.964. The number of carboxylic acids is 1. The van der Waals surface area contributed by atoms with Crippen LogP contribution in [-0.4, -0.2) is 21.2 Å². The van der Waals surface area contributed by atoms with Crippen molar-refractivity contribution in [3.05, 3.63) is 11.7 Å². The topological polar surface area (TPSA) is 76.2 Å². The van der Waals surface area contributed by atoms with Gasteiger partial charge in [-0.05, 0) is 12.8 Å². The second kappa shape index (κ2) is 3.16. The summed E-state index contributed by atoms with van der Waals surface area (Å²) in [7, 11) is 0. The normalized spacial score (nSPS) is 16.0. The van der Waals surface area contributed by atoms with Gasteiger partial charge in [0.25, 0.3) is 0 Å². The summed E-state index contributed by atoms with van der Waals surface area (Å²) in [6.45, 7) is 0. The molecule has 1 aliphatic rings. The number of carboxylic acid groups (broad SMARTS) is 1. The number of aryl methyl sites for hydroxylation is 1. The van der Waals surface area contributed by atoms with Crippen LogP contribution in [0.2, 0.25) is 0 Å². The van der Waals surface area contributed by atoms with Crippen LogP contribution in [0.25, 0.3) is 0 Å². The average molecular weight is 182 g/mol. The second-order valence-corrected chi connectivity index (χ2v) is 3.21. The van der Waals surface area contributed by atoms with Crippen molar-refractivity contribution in [2.75, 3.05) is 0 Å². The maximum Gasteiger partial charge on any atom is 0.303 e. The molecule has 0 spiro atoms. The van der Waals surface area contributed by atoms with E-state index >= 15 is 0 Å². The van der Waals surface area contributed by atoms with Crippen LogP contribution in [0.4, 0.5) is 0 Å². The van der Waals surface area contributed by atoms with Gasteiger partial charge < -0.3 is 9.63 Å². The summed E-state index contributed by atoms with van der Waals surface area (Å²) in [6, 6.07) is 0. The minimum Gasteiger partial charge on any atom is -0.481 e. The van der Waals surface area contributed by atoms with Crippen LogP contribution in [0.15, 0.2) is 4.52 Å². The Morgan fingerprint density at radius 3 is 3.00 bits per heavy atom. The molecule has 2 rings (SSSR count). The quantitative estimate of drug-likeness (QED) is 0.750. The first-order valence-electron chi connectivity index (χ1n) is 4.30. The number of rotatable bonds is 4. The van der Waals surface area contributed by atoms with E-state index in [0.29, 0.717) is 18.2 Å². The molecule has 13 heavy (non-hydrogen) atoms. The van der Waals surface area contributed by atoms with Crippen LogP contribution >= 0.6 is 0 Å². The highest BCUT2D eigenvalue weighted by molar-refractivity contribution is 5.66. The molecule has 5 nitrogen and oxygen atoms in total. The van der Waals surface area contributed by atoms with E-state index in [2.05, 4.69) is 10.1 Å². The Balaban J connectivity index is 1.92. The van der Waals surface area contributed by atoms with Gasteiger partial charge in [-0.3, -0.25) is 4.79 Å². The zero-order valence-corrected chi connectivity index (χ0v) is 7.06.